The third kappa shape index (κ3) is 3.60. The number of ketones is 1. The van der Waals surface area contributed by atoms with Crippen LogP contribution >= 0.6 is 15.9 Å². The van der Waals surface area contributed by atoms with Crippen molar-refractivity contribution in [2.75, 3.05) is 6.61 Å². The molecule has 0 N–H and O–H groups in total. The molecular formula is C12H13BrFNO3. The second-order valence-electron chi connectivity index (χ2n) is 3.69. The summed E-state index contributed by atoms with van der Waals surface area (Å²) in [6, 6.07) is 1.44. The molecule has 0 aliphatic rings. The Kier molecular flexibility index (Phi) is 5.40. The Hall–Kier alpha value is -1.30. The summed E-state index contributed by atoms with van der Waals surface area (Å²) in [7, 11) is 0. The molecule has 0 saturated heterocycles. The number of aromatic nitrogens is 1. The molecule has 0 amide bonds. The van der Waals surface area contributed by atoms with Gasteiger partial charge in [0.2, 0.25) is 0 Å². The zero-order valence-corrected chi connectivity index (χ0v) is 11.7. The summed E-state index contributed by atoms with van der Waals surface area (Å²) in [5.41, 5.74) is 0.255. The second-order valence-corrected chi connectivity index (χ2v) is 4.45. The predicted molar refractivity (Wildman–Crippen MR) is 66.4 cm³/mol. The van der Waals surface area contributed by atoms with Gasteiger partial charge in [-0.2, -0.15) is 0 Å². The fourth-order valence-corrected chi connectivity index (χ4v) is 1.84. The maximum atomic E-state index is 13.7. The Labute approximate surface area is 113 Å². The van der Waals surface area contributed by atoms with Crippen molar-refractivity contribution < 1.29 is 18.7 Å². The van der Waals surface area contributed by atoms with E-state index in [9.17, 15) is 14.0 Å². The predicted octanol–water partition coefficient (Wildman–Crippen LogP) is 2.29. The van der Waals surface area contributed by atoms with E-state index in [0.29, 0.717) is 0 Å². The zero-order chi connectivity index (χ0) is 13.7. The molecule has 1 atom stereocenters. The standard InChI is InChI=1S/C12H13BrFNO3/c1-3-18-12(17)9(7(2)16)6-8-4-5-15-11(13)10(8)14/h4-5,9H,3,6H2,1-2H3. The molecule has 0 saturated carbocycles. The molecule has 1 heterocycles. The Morgan fingerprint density at radius 2 is 2.22 bits per heavy atom. The highest BCUT2D eigenvalue weighted by Crippen LogP contribution is 2.20. The maximum Gasteiger partial charge on any atom is 0.316 e. The van der Waals surface area contributed by atoms with E-state index < -0.39 is 17.7 Å². The van der Waals surface area contributed by atoms with Crippen molar-refractivity contribution in [1.29, 1.82) is 0 Å². The third-order valence-corrected chi connectivity index (χ3v) is 2.97. The Balaban J connectivity index is 2.94. The number of hydrogen-bond acceptors (Lipinski definition) is 4. The molecule has 1 unspecified atom stereocenters. The van der Waals surface area contributed by atoms with Gasteiger partial charge in [-0.15, -0.1) is 0 Å². The summed E-state index contributed by atoms with van der Waals surface area (Å²) in [5.74, 6) is -2.51. The number of hydrogen-bond donors (Lipinski definition) is 0. The lowest BCUT2D eigenvalue weighted by Crippen LogP contribution is -2.26. The van der Waals surface area contributed by atoms with E-state index in [2.05, 4.69) is 20.9 Å². The first-order valence-electron chi connectivity index (χ1n) is 5.43. The van der Waals surface area contributed by atoms with Crippen LogP contribution in [-0.4, -0.2) is 23.3 Å². The summed E-state index contributed by atoms with van der Waals surface area (Å²) < 4.78 is 18.6. The number of nitrogens with zero attached hydrogens (tertiary/aromatic N) is 1. The van der Waals surface area contributed by atoms with Crippen LogP contribution in [0.15, 0.2) is 16.9 Å². The molecule has 6 heteroatoms. The van der Waals surface area contributed by atoms with E-state index >= 15 is 0 Å². The van der Waals surface area contributed by atoms with Crippen LogP contribution in [0.25, 0.3) is 0 Å². The minimum absolute atomic E-state index is 0.0267. The topological polar surface area (TPSA) is 56.3 Å². The summed E-state index contributed by atoms with van der Waals surface area (Å²) in [4.78, 5) is 26.7. The highest BCUT2D eigenvalue weighted by Gasteiger charge is 2.26. The van der Waals surface area contributed by atoms with Gasteiger partial charge < -0.3 is 4.74 Å². The van der Waals surface area contributed by atoms with E-state index in [-0.39, 0.29) is 29.0 Å². The fourth-order valence-electron chi connectivity index (χ4n) is 1.47. The number of Topliss-reactive ketones (excluding diaryl/α,β-unsaturated/α-hetero) is 1. The number of rotatable bonds is 5. The Morgan fingerprint density at radius 1 is 1.56 bits per heavy atom. The average molecular weight is 318 g/mol. The first-order valence-corrected chi connectivity index (χ1v) is 6.22. The van der Waals surface area contributed by atoms with Crippen LogP contribution in [-0.2, 0) is 20.7 Å². The number of pyridine rings is 1. The van der Waals surface area contributed by atoms with Gasteiger partial charge in [0.15, 0.2) is 5.82 Å². The van der Waals surface area contributed by atoms with E-state index in [4.69, 9.17) is 4.74 Å². The third-order valence-electron chi connectivity index (χ3n) is 2.41. The normalized spacial score (nSPS) is 12.0. The van der Waals surface area contributed by atoms with Crippen molar-refractivity contribution in [3.63, 3.8) is 0 Å². The molecule has 0 aliphatic carbocycles. The lowest BCUT2D eigenvalue weighted by Gasteiger charge is -2.13. The molecule has 4 nitrogen and oxygen atoms in total. The van der Waals surface area contributed by atoms with Crippen molar-refractivity contribution >= 4 is 27.7 Å². The molecule has 1 rings (SSSR count). The molecule has 1 aromatic heterocycles. The quantitative estimate of drug-likeness (QED) is 0.475. The minimum Gasteiger partial charge on any atom is -0.465 e. The van der Waals surface area contributed by atoms with Gasteiger partial charge in [0.25, 0.3) is 0 Å². The van der Waals surface area contributed by atoms with Crippen LogP contribution in [0.1, 0.15) is 19.4 Å². The molecule has 18 heavy (non-hydrogen) atoms. The molecule has 0 radical (unpaired) electrons. The van der Waals surface area contributed by atoms with Gasteiger partial charge in [0.05, 0.1) is 6.61 Å². The molecule has 0 bridgehead atoms. The van der Waals surface area contributed by atoms with Crippen LogP contribution < -0.4 is 0 Å². The van der Waals surface area contributed by atoms with Gasteiger partial charge in [0, 0.05) is 6.20 Å². The lowest BCUT2D eigenvalue weighted by molar-refractivity contribution is -0.151. The van der Waals surface area contributed by atoms with E-state index in [1.807, 2.05) is 0 Å². The monoisotopic (exact) mass is 317 g/mol. The van der Waals surface area contributed by atoms with Crippen molar-refractivity contribution in [2.45, 2.75) is 20.3 Å². The Morgan fingerprint density at radius 3 is 2.78 bits per heavy atom. The van der Waals surface area contributed by atoms with Gasteiger partial charge >= 0.3 is 5.97 Å². The number of esters is 1. The van der Waals surface area contributed by atoms with Crippen LogP contribution in [0.5, 0.6) is 0 Å². The van der Waals surface area contributed by atoms with Crippen molar-refractivity contribution in [1.82, 2.24) is 4.98 Å². The van der Waals surface area contributed by atoms with Crippen molar-refractivity contribution in [3.05, 3.63) is 28.2 Å². The first kappa shape index (κ1) is 14.8. The Bertz CT molecular complexity index is 465. The van der Waals surface area contributed by atoms with Crippen LogP contribution in [0.2, 0.25) is 0 Å². The second kappa shape index (κ2) is 6.58. The van der Waals surface area contributed by atoms with E-state index in [1.165, 1.54) is 19.2 Å². The number of halogens is 2. The van der Waals surface area contributed by atoms with Crippen molar-refractivity contribution in [3.8, 4) is 0 Å². The molecule has 0 aliphatic heterocycles. The first-order chi connectivity index (χ1) is 8.47. The summed E-state index contributed by atoms with van der Waals surface area (Å²) in [5, 5.41) is 0. The molecule has 98 valence electrons. The van der Waals surface area contributed by atoms with Crippen LogP contribution in [0, 0.1) is 11.7 Å². The molecule has 1 aromatic rings. The summed E-state index contributed by atoms with van der Waals surface area (Å²) >= 11 is 2.95. The highest BCUT2D eigenvalue weighted by atomic mass is 79.9. The molecule has 0 fully saturated rings. The zero-order valence-electron chi connectivity index (χ0n) is 10.1. The lowest BCUT2D eigenvalue weighted by atomic mass is 9.96. The molecule has 0 spiro atoms. The van der Waals surface area contributed by atoms with Crippen molar-refractivity contribution in [2.24, 2.45) is 5.92 Å². The summed E-state index contributed by atoms with van der Waals surface area (Å²) in [6.07, 6.45) is 1.38. The van der Waals surface area contributed by atoms with Crippen LogP contribution in [0.4, 0.5) is 4.39 Å². The van der Waals surface area contributed by atoms with Gasteiger partial charge in [-0.1, -0.05) is 0 Å². The van der Waals surface area contributed by atoms with Gasteiger partial charge in [-0.3, -0.25) is 9.59 Å². The van der Waals surface area contributed by atoms with E-state index in [1.54, 1.807) is 6.92 Å². The van der Waals surface area contributed by atoms with Gasteiger partial charge in [0.1, 0.15) is 16.3 Å². The molecule has 0 aromatic carbocycles. The number of carbonyl (C=O) groups excluding carboxylic acids is 2. The maximum absolute atomic E-state index is 13.7. The highest BCUT2D eigenvalue weighted by molar-refractivity contribution is 9.10. The minimum atomic E-state index is -0.978. The van der Waals surface area contributed by atoms with Gasteiger partial charge in [-0.25, -0.2) is 9.37 Å². The average Bonchev–Trinajstić information content (AvgIpc) is 2.30. The SMILES string of the molecule is CCOC(=O)C(Cc1ccnc(Br)c1F)C(C)=O. The summed E-state index contributed by atoms with van der Waals surface area (Å²) in [6.45, 7) is 3.12. The van der Waals surface area contributed by atoms with Crippen LogP contribution in [0.3, 0.4) is 0 Å². The number of carbonyl (C=O) groups is 2. The number of ether oxygens (including phenoxy) is 1. The molecular weight excluding hydrogens is 305 g/mol. The van der Waals surface area contributed by atoms with Gasteiger partial charge in [-0.05, 0) is 47.8 Å². The smallest absolute Gasteiger partial charge is 0.316 e. The fraction of sp³-hybridized carbons (Fsp3) is 0.417. The van der Waals surface area contributed by atoms with E-state index in [0.717, 1.165) is 0 Å². The largest absolute Gasteiger partial charge is 0.465 e.